The van der Waals surface area contributed by atoms with Crippen LogP contribution >= 0.6 is 0 Å². The van der Waals surface area contributed by atoms with Crippen LogP contribution in [-0.2, 0) is 11.0 Å². The zero-order valence-corrected chi connectivity index (χ0v) is 16.3. The number of hydrogen-bond donors (Lipinski definition) is 1. The first kappa shape index (κ1) is 20.4. The van der Waals surface area contributed by atoms with Crippen LogP contribution in [-0.4, -0.2) is 29.1 Å². The Morgan fingerprint density at radius 1 is 0.967 bits per heavy atom. The minimum absolute atomic E-state index is 0.309. The molecule has 30 heavy (non-hydrogen) atoms. The third kappa shape index (κ3) is 4.19. The largest absolute Gasteiger partial charge is 0.481 e. The third-order valence-electron chi connectivity index (χ3n) is 5.79. The molecular weight excluding hydrogens is 391 g/mol. The molecule has 1 heterocycles. The SMILES string of the molecule is O=C(O)C1CCCN(C(c2cccc(C(F)(F)F)c2)c2ccc3ccccc3c2)C1. The Balaban J connectivity index is 1.81. The molecule has 0 radical (unpaired) electrons. The molecule has 1 aliphatic heterocycles. The monoisotopic (exact) mass is 413 g/mol. The maximum absolute atomic E-state index is 13.4. The van der Waals surface area contributed by atoms with Gasteiger partial charge in [0, 0.05) is 6.54 Å². The summed E-state index contributed by atoms with van der Waals surface area (Å²) < 4.78 is 40.1. The van der Waals surface area contributed by atoms with E-state index in [4.69, 9.17) is 0 Å². The van der Waals surface area contributed by atoms with Crippen molar-refractivity contribution < 1.29 is 23.1 Å². The van der Waals surface area contributed by atoms with Crippen LogP contribution in [0.3, 0.4) is 0 Å². The Morgan fingerprint density at radius 2 is 1.70 bits per heavy atom. The molecule has 1 saturated heterocycles. The second-order valence-corrected chi connectivity index (χ2v) is 7.80. The number of fused-ring (bicyclic) bond motifs is 1. The van der Waals surface area contributed by atoms with Crippen molar-refractivity contribution >= 4 is 16.7 Å². The lowest BCUT2D eigenvalue weighted by molar-refractivity contribution is -0.143. The summed E-state index contributed by atoms with van der Waals surface area (Å²) in [5.41, 5.74) is 0.683. The number of piperidine rings is 1. The molecule has 2 atom stereocenters. The van der Waals surface area contributed by atoms with E-state index < -0.39 is 29.7 Å². The van der Waals surface area contributed by atoms with Gasteiger partial charge in [-0.1, -0.05) is 48.5 Å². The van der Waals surface area contributed by atoms with Crippen LogP contribution < -0.4 is 0 Å². The average Bonchev–Trinajstić information content (AvgIpc) is 2.74. The summed E-state index contributed by atoms with van der Waals surface area (Å²) in [6.45, 7) is 0.945. The van der Waals surface area contributed by atoms with E-state index in [0.29, 0.717) is 31.5 Å². The number of carbonyl (C=O) groups is 1. The van der Waals surface area contributed by atoms with Gasteiger partial charge < -0.3 is 5.11 Å². The van der Waals surface area contributed by atoms with E-state index in [2.05, 4.69) is 0 Å². The van der Waals surface area contributed by atoms with Gasteiger partial charge in [0.2, 0.25) is 0 Å². The van der Waals surface area contributed by atoms with Gasteiger partial charge >= 0.3 is 12.1 Å². The molecule has 0 bridgehead atoms. The zero-order chi connectivity index (χ0) is 21.3. The van der Waals surface area contributed by atoms with Crippen molar-refractivity contribution in [2.75, 3.05) is 13.1 Å². The second-order valence-electron chi connectivity index (χ2n) is 7.80. The van der Waals surface area contributed by atoms with Crippen molar-refractivity contribution in [2.24, 2.45) is 5.92 Å². The highest BCUT2D eigenvalue weighted by molar-refractivity contribution is 5.83. The Kier molecular flexibility index (Phi) is 5.52. The summed E-state index contributed by atoms with van der Waals surface area (Å²) in [5, 5.41) is 11.5. The maximum atomic E-state index is 13.4. The molecule has 4 rings (SSSR count). The minimum Gasteiger partial charge on any atom is -0.481 e. The van der Waals surface area contributed by atoms with Gasteiger partial charge in [0.25, 0.3) is 0 Å². The van der Waals surface area contributed by atoms with Gasteiger partial charge in [0.15, 0.2) is 0 Å². The lowest BCUT2D eigenvalue weighted by Crippen LogP contribution is -2.41. The van der Waals surface area contributed by atoms with Crippen LogP contribution in [0.1, 0.15) is 35.6 Å². The van der Waals surface area contributed by atoms with Crippen LogP contribution in [0.2, 0.25) is 0 Å². The lowest BCUT2D eigenvalue weighted by atomic mass is 9.90. The number of nitrogens with zero attached hydrogens (tertiary/aromatic N) is 1. The standard InChI is InChI=1S/C24H22F3NO2/c25-24(26,27)21-9-3-7-18(14-21)22(28-12-4-8-20(15-28)23(29)30)19-11-10-16-5-1-2-6-17(16)13-19/h1-3,5-7,9-11,13-14,20,22H,4,8,12,15H2,(H,29,30). The predicted molar refractivity (Wildman–Crippen MR) is 109 cm³/mol. The van der Waals surface area contributed by atoms with Crippen LogP contribution in [0.4, 0.5) is 13.2 Å². The first-order valence-corrected chi connectivity index (χ1v) is 9.95. The van der Waals surface area contributed by atoms with E-state index in [-0.39, 0.29) is 0 Å². The van der Waals surface area contributed by atoms with E-state index >= 15 is 0 Å². The number of hydrogen-bond acceptors (Lipinski definition) is 2. The highest BCUT2D eigenvalue weighted by atomic mass is 19.4. The summed E-state index contributed by atoms with van der Waals surface area (Å²) in [7, 11) is 0. The number of halogens is 3. The summed E-state index contributed by atoms with van der Waals surface area (Å²) in [4.78, 5) is 13.6. The number of carboxylic acid groups (broad SMARTS) is 1. The first-order chi connectivity index (χ1) is 14.3. The van der Waals surface area contributed by atoms with E-state index in [9.17, 15) is 23.1 Å². The van der Waals surface area contributed by atoms with Crippen molar-refractivity contribution in [3.63, 3.8) is 0 Å². The highest BCUT2D eigenvalue weighted by Gasteiger charge is 2.34. The Bertz CT molecular complexity index is 1060. The number of carboxylic acids is 1. The highest BCUT2D eigenvalue weighted by Crippen LogP contribution is 2.37. The molecule has 0 aromatic heterocycles. The van der Waals surface area contributed by atoms with Crippen molar-refractivity contribution in [3.05, 3.63) is 83.4 Å². The first-order valence-electron chi connectivity index (χ1n) is 9.95. The second kappa shape index (κ2) is 8.11. The fourth-order valence-corrected chi connectivity index (χ4v) is 4.32. The van der Waals surface area contributed by atoms with Crippen molar-refractivity contribution in [1.29, 1.82) is 0 Å². The van der Waals surface area contributed by atoms with Gasteiger partial charge in [-0.25, -0.2) is 0 Å². The van der Waals surface area contributed by atoms with Gasteiger partial charge in [0.1, 0.15) is 0 Å². The summed E-state index contributed by atoms with van der Waals surface area (Å²) in [6, 6.07) is 18.6. The molecule has 0 aliphatic carbocycles. The topological polar surface area (TPSA) is 40.5 Å². The molecule has 3 aromatic rings. The maximum Gasteiger partial charge on any atom is 0.416 e. The van der Waals surface area contributed by atoms with Crippen molar-refractivity contribution in [1.82, 2.24) is 4.90 Å². The van der Waals surface area contributed by atoms with Crippen LogP contribution in [0, 0.1) is 5.92 Å². The fourth-order valence-electron chi connectivity index (χ4n) is 4.32. The zero-order valence-electron chi connectivity index (χ0n) is 16.3. The summed E-state index contributed by atoms with van der Waals surface area (Å²) >= 11 is 0. The molecule has 1 N–H and O–H groups in total. The van der Waals surface area contributed by atoms with Gasteiger partial charge in [-0.2, -0.15) is 13.2 Å². The van der Waals surface area contributed by atoms with Crippen molar-refractivity contribution in [2.45, 2.75) is 25.1 Å². The fraction of sp³-hybridized carbons (Fsp3) is 0.292. The van der Waals surface area contributed by atoms with Gasteiger partial charge in [0.05, 0.1) is 17.5 Å². The van der Waals surface area contributed by atoms with Gasteiger partial charge in [-0.15, -0.1) is 0 Å². The van der Waals surface area contributed by atoms with Crippen LogP contribution in [0.5, 0.6) is 0 Å². The Labute approximate surface area is 172 Å². The van der Waals surface area contributed by atoms with E-state index in [1.54, 1.807) is 6.07 Å². The number of alkyl halides is 3. The molecule has 1 aliphatic rings. The quantitative estimate of drug-likeness (QED) is 0.593. The molecule has 1 fully saturated rings. The van der Waals surface area contributed by atoms with E-state index in [0.717, 1.165) is 22.4 Å². The number of benzene rings is 3. The summed E-state index contributed by atoms with van der Waals surface area (Å²) in [6.07, 6.45) is -3.16. The van der Waals surface area contributed by atoms with E-state index in [1.807, 2.05) is 47.4 Å². The van der Waals surface area contributed by atoms with Gasteiger partial charge in [-0.3, -0.25) is 9.69 Å². The molecule has 6 heteroatoms. The number of likely N-dealkylation sites (tertiary alicyclic amines) is 1. The Morgan fingerprint density at radius 3 is 2.43 bits per heavy atom. The summed E-state index contributed by atoms with van der Waals surface area (Å²) in [5.74, 6) is -1.38. The molecule has 156 valence electrons. The van der Waals surface area contributed by atoms with E-state index in [1.165, 1.54) is 12.1 Å². The smallest absolute Gasteiger partial charge is 0.416 e. The van der Waals surface area contributed by atoms with Crippen LogP contribution in [0.25, 0.3) is 10.8 Å². The minimum atomic E-state index is -4.44. The lowest BCUT2D eigenvalue weighted by Gasteiger charge is -2.38. The van der Waals surface area contributed by atoms with Crippen LogP contribution in [0.15, 0.2) is 66.7 Å². The normalized spacial score (nSPS) is 19.0. The molecule has 3 nitrogen and oxygen atoms in total. The average molecular weight is 413 g/mol. The Hall–Kier alpha value is -2.86. The van der Waals surface area contributed by atoms with Crippen molar-refractivity contribution in [3.8, 4) is 0 Å². The molecule has 0 spiro atoms. The molecule has 3 aromatic carbocycles. The predicted octanol–water partition coefficient (Wildman–Crippen LogP) is 5.74. The molecule has 2 unspecified atom stereocenters. The molecule has 0 saturated carbocycles. The number of aliphatic carboxylic acids is 1. The molecular formula is C24H22F3NO2. The van der Waals surface area contributed by atoms with Gasteiger partial charge in [-0.05, 0) is 59.5 Å². The molecule has 0 amide bonds. The third-order valence-corrected chi connectivity index (χ3v) is 5.79. The number of rotatable bonds is 4.